The van der Waals surface area contributed by atoms with Gasteiger partial charge in [-0.25, -0.2) is 9.67 Å². The molecule has 1 saturated heterocycles. The van der Waals surface area contributed by atoms with E-state index in [0.717, 1.165) is 58.2 Å². The maximum atomic E-state index is 5.58. The van der Waals surface area contributed by atoms with Crippen molar-refractivity contribution in [3.63, 3.8) is 0 Å². The van der Waals surface area contributed by atoms with E-state index in [1.165, 1.54) is 0 Å². The Morgan fingerprint density at radius 1 is 1.47 bits per heavy atom. The molecule has 0 aliphatic carbocycles. The van der Waals surface area contributed by atoms with Gasteiger partial charge in [0, 0.05) is 25.7 Å². The fourth-order valence-corrected chi connectivity index (χ4v) is 2.39. The number of likely N-dealkylation sites (N-methyl/N-ethyl adjacent to an activating group) is 1. The largest absolute Gasteiger partial charge is 0.378 e. The Labute approximate surface area is 115 Å². The molecular weight excluding hydrogens is 242 g/mol. The number of ether oxygens (including phenoxy) is 1. The molecule has 1 aliphatic rings. The second-order valence-corrected chi connectivity index (χ2v) is 4.91. The Morgan fingerprint density at radius 3 is 3.16 bits per heavy atom. The van der Waals surface area contributed by atoms with Crippen molar-refractivity contribution in [1.82, 2.24) is 25.0 Å². The lowest BCUT2D eigenvalue weighted by molar-refractivity contribution is -0.0124. The van der Waals surface area contributed by atoms with Crippen molar-refractivity contribution in [3.8, 4) is 0 Å². The van der Waals surface area contributed by atoms with Gasteiger partial charge in [0.1, 0.15) is 12.2 Å². The lowest BCUT2D eigenvalue weighted by Crippen LogP contribution is -2.50. The number of aromatic nitrogens is 3. The molecule has 0 spiro atoms. The quantitative estimate of drug-likeness (QED) is 0.779. The minimum atomic E-state index is 0.431. The molecule has 1 N–H and O–H groups in total. The molecule has 1 aliphatic heterocycles. The van der Waals surface area contributed by atoms with Crippen LogP contribution < -0.4 is 5.32 Å². The Hall–Kier alpha value is -0.980. The zero-order valence-electron chi connectivity index (χ0n) is 12.0. The number of aryl methyl sites for hydroxylation is 1. The van der Waals surface area contributed by atoms with Crippen molar-refractivity contribution in [2.45, 2.75) is 39.4 Å². The predicted octanol–water partition coefficient (Wildman–Crippen LogP) is 0.498. The molecule has 108 valence electrons. The fraction of sp³-hybridized carbons (Fsp3) is 0.846. The van der Waals surface area contributed by atoms with E-state index >= 15 is 0 Å². The molecule has 1 aromatic heterocycles. The van der Waals surface area contributed by atoms with Crippen LogP contribution in [0.1, 0.15) is 26.1 Å². The van der Waals surface area contributed by atoms with Crippen molar-refractivity contribution < 1.29 is 4.74 Å². The van der Waals surface area contributed by atoms with Gasteiger partial charge in [-0.15, -0.1) is 0 Å². The summed E-state index contributed by atoms with van der Waals surface area (Å²) in [6.07, 6.45) is 2.74. The van der Waals surface area contributed by atoms with Gasteiger partial charge in [0.05, 0.1) is 19.8 Å². The Morgan fingerprint density at radius 2 is 2.37 bits per heavy atom. The van der Waals surface area contributed by atoms with Crippen LogP contribution in [0.4, 0.5) is 0 Å². The van der Waals surface area contributed by atoms with Crippen LogP contribution in [-0.4, -0.2) is 58.6 Å². The van der Waals surface area contributed by atoms with Gasteiger partial charge < -0.3 is 10.1 Å². The van der Waals surface area contributed by atoms with Crippen LogP contribution in [0.3, 0.4) is 0 Å². The molecule has 19 heavy (non-hydrogen) atoms. The Bertz CT molecular complexity index is 368. The highest BCUT2D eigenvalue weighted by atomic mass is 16.5. The third-order valence-corrected chi connectivity index (χ3v) is 3.46. The molecule has 1 fully saturated rings. The van der Waals surface area contributed by atoms with Gasteiger partial charge in [0.15, 0.2) is 0 Å². The van der Waals surface area contributed by atoms with Gasteiger partial charge >= 0.3 is 0 Å². The summed E-state index contributed by atoms with van der Waals surface area (Å²) < 4.78 is 7.60. The van der Waals surface area contributed by atoms with Crippen LogP contribution in [0, 0.1) is 0 Å². The van der Waals surface area contributed by atoms with Crippen LogP contribution in [0.2, 0.25) is 0 Å². The van der Waals surface area contributed by atoms with E-state index < -0.39 is 0 Å². The number of nitrogens with one attached hydrogen (secondary N) is 1. The molecule has 6 nitrogen and oxygen atoms in total. The summed E-state index contributed by atoms with van der Waals surface area (Å²) >= 11 is 0. The summed E-state index contributed by atoms with van der Waals surface area (Å²) in [7, 11) is 0. The summed E-state index contributed by atoms with van der Waals surface area (Å²) in [4.78, 5) is 6.84. The first kappa shape index (κ1) is 14.4. The lowest BCUT2D eigenvalue weighted by atomic mass is 10.2. The minimum Gasteiger partial charge on any atom is -0.378 e. The third kappa shape index (κ3) is 3.99. The van der Waals surface area contributed by atoms with E-state index in [1.807, 2.05) is 4.68 Å². The van der Waals surface area contributed by atoms with Gasteiger partial charge in [0.25, 0.3) is 0 Å². The highest BCUT2D eigenvalue weighted by molar-refractivity contribution is 4.88. The molecule has 1 atom stereocenters. The van der Waals surface area contributed by atoms with Crippen LogP contribution >= 0.6 is 0 Å². The molecule has 1 aromatic rings. The molecule has 0 aromatic carbocycles. The maximum Gasteiger partial charge on any atom is 0.141 e. The summed E-state index contributed by atoms with van der Waals surface area (Å²) in [5, 5.41) is 7.69. The summed E-state index contributed by atoms with van der Waals surface area (Å²) in [6.45, 7) is 10.6. The van der Waals surface area contributed by atoms with Gasteiger partial charge in [-0.2, -0.15) is 5.10 Å². The average Bonchev–Trinajstić information content (AvgIpc) is 2.86. The van der Waals surface area contributed by atoms with Crippen molar-refractivity contribution >= 4 is 0 Å². The molecule has 0 bridgehead atoms. The topological polar surface area (TPSA) is 55.2 Å². The molecule has 2 rings (SSSR count). The number of hydrogen-bond acceptors (Lipinski definition) is 5. The first-order valence-corrected chi connectivity index (χ1v) is 7.24. The van der Waals surface area contributed by atoms with Gasteiger partial charge in [-0.3, -0.25) is 4.90 Å². The highest BCUT2D eigenvalue weighted by Crippen LogP contribution is 2.10. The maximum absolute atomic E-state index is 5.58. The van der Waals surface area contributed by atoms with Gasteiger partial charge in [0.2, 0.25) is 0 Å². The molecule has 0 radical (unpaired) electrons. The molecule has 6 heteroatoms. The lowest BCUT2D eigenvalue weighted by Gasteiger charge is -2.35. The number of morpholine rings is 1. The summed E-state index contributed by atoms with van der Waals surface area (Å²) in [5.74, 6) is 1.06. The van der Waals surface area contributed by atoms with Crippen LogP contribution in [-0.2, 0) is 17.8 Å². The van der Waals surface area contributed by atoms with E-state index in [-0.39, 0.29) is 0 Å². The highest BCUT2D eigenvalue weighted by Gasteiger charge is 2.24. The molecular formula is C13H25N5O. The first-order valence-electron chi connectivity index (χ1n) is 7.24. The minimum absolute atomic E-state index is 0.431. The van der Waals surface area contributed by atoms with Gasteiger partial charge in [-0.05, 0) is 13.0 Å². The zero-order valence-corrected chi connectivity index (χ0v) is 12.0. The third-order valence-electron chi connectivity index (χ3n) is 3.46. The zero-order chi connectivity index (χ0) is 13.5. The normalized spacial score (nSPS) is 20.8. The van der Waals surface area contributed by atoms with Crippen molar-refractivity contribution in [1.29, 1.82) is 0 Å². The van der Waals surface area contributed by atoms with E-state index in [0.29, 0.717) is 6.04 Å². The van der Waals surface area contributed by atoms with Gasteiger partial charge in [-0.1, -0.05) is 13.8 Å². The number of hydrogen-bond donors (Lipinski definition) is 1. The fourth-order valence-electron chi connectivity index (χ4n) is 2.39. The van der Waals surface area contributed by atoms with Crippen molar-refractivity contribution in [2.75, 3.05) is 32.8 Å². The van der Waals surface area contributed by atoms with E-state index in [4.69, 9.17) is 4.74 Å². The first-order chi connectivity index (χ1) is 9.35. The van der Waals surface area contributed by atoms with Crippen LogP contribution in [0.15, 0.2) is 6.33 Å². The summed E-state index contributed by atoms with van der Waals surface area (Å²) in [5.41, 5.74) is 0. The second-order valence-electron chi connectivity index (χ2n) is 4.91. The average molecular weight is 267 g/mol. The molecule has 0 saturated carbocycles. The number of rotatable bonds is 7. The smallest absolute Gasteiger partial charge is 0.141 e. The molecule has 0 amide bonds. The summed E-state index contributed by atoms with van der Waals surface area (Å²) in [6, 6.07) is 0.431. The molecule has 1 unspecified atom stereocenters. The Kier molecular flexibility index (Phi) is 5.75. The van der Waals surface area contributed by atoms with Crippen LogP contribution in [0.5, 0.6) is 0 Å². The monoisotopic (exact) mass is 267 g/mol. The van der Waals surface area contributed by atoms with Crippen molar-refractivity contribution in [2.24, 2.45) is 0 Å². The SMILES string of the molecule is CCCn1ncnc1CN1CCOCC1CNCC. The van der Waals surface area contributed by atoms with E-state index in [2.05, 4.69) is 34.1 Å². The second kappa shape index (κ2) is 7.57. The van der Waals surface area contributed by atoms with E-state index in [9.17, 15) is 0 Å². The standard InChI is InChI=1S/C13H25N5O/c1-3-5-18-13(15-11-16-18)9-17-6-7-19-10-12(17)8-14-4-2/h11-12,14H,3-10H2,1-2H3. The molecule has 2 heterocycles. The Balaban J connectivity index is 1.96. The van der Waals surface area contributed by atoms with E-state index in [1.54, 1.807) is 6.33 Å². The predicted molar refractivity (Wildman–Crippen MR) is 73.9 cm³/mol. The van der Waals surface area contributed by atoms with Crippen molar-refractivity contribution in [3.05, 3.63) is 12.2 Å². The van der Waals surface area contributed by atoms with Crippen LogP contribution in [0.25, 0.3) is 0 Å². The number of nitrogens with zero attached hydrogens (tertiary/aromatic N) is 4.